The van der Waals surface area contributed by atoms with Gasteiger partial charge >= 0.3 is 0 Å². The minimum absolute atomic E-state index is 0.0273. The van der Waals surface area contributed by atoms with Crippen molar-refractivity contribution in [1.29, 1.82) is 0 Å². The maximum atomic E-state index is 6.23. The predicted octanol–water partition coefficient (Wildman–Crippen LogP) is 4.98. The van der Waals surface area contributed by atoms with Crippen LogP contribution < -0.4 is 10.6 Å². The number of nitrogens with one attached hydrogen (secondary N) is 2. The van der Waals surface area contributed by atoms with Crippen molar-refractivity contribution in [3.63, 3.8) is 0 Å². The van der Waals surface area contributed by atoms with E-state index < -0.39 is 0 Å². The van der Waals surface area contributed by atoms with Gasteiger partial charge in [-0.25, -0.2) is 0 Å². The first-order valence-electron chi connectivity index (χ1n) is 12.2. The van der Waals surface area contributed by atoms with Gasteiger partial charge in [0.1, 0.15) is 0 Å². The maximum Gasteiger partial charge on any atom is 0.0652 e. The molecule has 180 valence electrons. The SMILES string of the molecule is C#CCCC1(C)CC(OCC=CCOC2CC(C)(C)NC(C)(CCC#C)C2)CC(C)(C)N1. The van der Waals surface area contributed by atoms with Crippen LogP contribution in [0.1, 0.15) is 92.9 Å². The molecule has 0 aromatic rings. The molecule has 4 nitrogen and oxygen atoms in total. The average molecular weight is 443 g/mol. The summed E-state index contributed by atoms with van der Waals surface area (Å²) in [6.45, 7) is 14.8. The van der Waals surface area contributed by atoms with E-state index in [-0.39, 0.29) is 34.4 Å². The molecule has 2 fully saturated rings. The molecule has 0 saturated carbocycles. The zero-order chi connectivity index (χ0) is 23.9. The van der Waals surface area contributed by atoms with Gasteiger partial charge in [0.2, 0.25) is 0 Å². The van der Waals surface area contributed by atoms with Gasteiger partial charge in [-0.15, -0.1) is 24.7 Å². The summed E-state index contributed by atoms with van der Waals surface area (Å²) in [5.41, 5.74) is 0.152. The first kappa shape index (κ1) is 26.9. The molecule has 2 N–H and O–H groups in total. The number of piperidine rings is 2. The quantitative estimate of drug-likeness (QED) is 0.370. The number of terminal acetylenes is 2. The summed E-state index contributed by atoms with van der Waals surface area (Å²) < 4.78 is 12.5. The van der Waals surface area contributed by atoms with Crippen LogP contribution in [0, 0.1) is 24.7 Å². The fraction of sp³-hybridized carbons (Fsp3) is 0.786. The highest BCUT2D eigenvalue weighted by atomic mass is 16.5. The van der Waals surface area contributed by atoms with Crippen LogP contribution in [0.25, 0.3) is 0 Å². The monoisotopic (exact) mass is 442 g/mol. The molecular formula is C28H46N2O2. The Morgan fingerprint density at radius 1 is 0.719 bits per heavy atom. The molecule has 2 aliphatic heterocycles. The van der Waals surface area contributed by atoms with E-state index in [9.17, 15) is 0 Å². The lowest BCUT2D eigenvalue weighted by Crippen LogP contribution is -2.61. The fourth-order valence-electron chi connectivity index (χ4n) is 5.91. The number of hydrogen-bond donors (Lipinski definition) is 2. The van der Waals surface area contributed by atoms with Gasteiger partial charge in [0.15, 0.2) is 0 Å². The normalized spacial score (nSPS) is 34.1. The van der Waals surface area contributed by atoms with E-state index in [4.69, 9.17) is 22.3 Å². The third-order valence-electron chi connectivity index (χ3n) is 6.78. The predicted molar refractivity (Wildman–Crippen MR) is 134 cm³/mol. The zero-order valence-electron chi connectivity index (χ0n) is 21.4. The molecule has 32 heavy (non-hydrogen) atoms. The lowest BCUT2D eigenvalue weighted by molar-refractivity contribution is -0.0198. The smallest absolute Gasteiger partial charge is 0.0652 e. The second-order valence-corrected chi connectivity index (χ2v) is 11.7. The van der Waals surface area contributed by atoms with Crippen molar-refractivity contribution in [3.8, 4) is 24.7 Å². The van der Waals surface area contributed by atoms with Crippen LogP contribution >= 0.6 is 0 Å². The molecule has 4 atom stereocenters. The van der Waals surface area contributed by atoms with Gasteiger partial charge in [0.05, 0.1) is 25.4 Å². The molecule has 2 aliphatic rings. The summed E-state index contributed by atoms with van der Waals surface area (Å²) in [4.78, 5) is 0. The van der Waals surface area contributed by atoms with E-state index in [1.807, 2.05) is 0 Å². The zero-order valence-corrected chi connectivity index (χ0v) is 21.4. The average Bonchev–Trinajstić information content (AvgIpc) is 2.64. The van der Waals surface area contributed by atoms with Crippen LogP contribution in [-0.4, -0.2) is 47.6 Å². The third-order valence-corrected chi connectivity index (χ3v) is 6.78. The van der Waals surface area contributed by atoms with Crippen LogP contribution in [-0.2, 0) is 9.47 Å². The highest BCUT2D eigenvalue weighted by Crippen LogP contribution is 2.34. The number of hydrogen-bond acceptors (Lipinski definition) is 4. The number of rotatable bonds is 10. The highest BCUT2D eigenvalue weighted by Gasteiger charge is 2.41. The van der Waals surface area contributed by atoms with Crippen molar-refractivity contribution >= 4 is 0 Å². The molecular weight excluding hydrogens is 396 g/mol. The van der Waals surface area contributed by atoms with Crippen molar-refractivity contribution < 1.29 is 9.47 Å². The van der Waals surface area contributed by atoms with Crippen molar-refractivity contribution in [2.24, 2.45) is 0 Å². The minimum atomic E-state index is 0.0273. The van der Waals surface area contributed by atoms with E-state index in [0.717, 1.165) is 51.4 Å². The summed E-state index contributed by atoms with van der Waals surface area (Å²) in [6.07, 6.45) is 23.2. The van der Waals surface area contributed by atoms with Crippen LogP contribution in [0.3, 0.4) is 0 Å². The Labute approximate surface area is 197 Å². The lowest BCUT2D eigenvalue weighted by Gasteiger charge is -2.48. The fourth-order valence-corrected chi connectivity index (χ4v) is 5.91. The van der Waals surface area contributed by atoms with E-state index in [2.05, 4.69) is 76.2 Å². The van der Waals surface area contributed by atoms with Gasteiger partial charge in [-0.1, -0.05) is 12.2 Å². The summed E-state index contributed by atoms with van der Waals surface area (Å²) in [7, 11) is 0. The molecule has 0 aromatic heterocycles. The Hall–Kier alpha value is -1.30. The molecule has 4 heteroatoms. The van der Waals surface area contributed by atoms with E-state index in [0.29, 0.717) is 13.2 Å². The summed E-state index contributed by atoms with van der Waals surface area (Å²) in [5.74, 6) is 5.55. The van der Waals surface area contributed by atoms with Crippen LogP contribution in [0.2, 0.25) is 0 Å². The molecule has 0 aromatic carbocycles. The summed E-state index contributed by atoms with van der Waals surface area (Å²) in [6, 6.07) is 0. The molecule has 2 rings (SSSR count). The van der Waals surface area contributed by atoms with Crippen molar-refractivity contribution in [3.05, 3.63) is 12.2 Å². The van der Waals surface area contributed by atoms with Gasteiger partial charge in [0, 0.05) is 35.0 Å². The van der Waals surface area contributed by atoms with Gasteiger partial charge in [-0.3, -0.25) is 0 Å². The first-order chi connectivity index (χ1) is 14.9. The van der Waals surface area contributed by atoms with E-state index in [1.165, 1.54) is 0 Å². The largest absolute Gasteiger partial charge is 0.374 e. The van der Waals surface area contributed by atoms with Crippen LogP contribution in [0.5, 0.6) is 0 Å². The van der Waals surface area contributed by atoms with E-state index in [1.54, 1.807) is 0 Å². The summed E-state index contributed by atoms with van der Waals surface area (Å²) in [5, 5.41) is 7.55. The van der Waals surface area contributed by atoms with Crippen molar-refractivity contribution in [2.45, 2.75) is 127 Å². The van der Waals surface area contributed by atoms with Gasteiger partial charge in [0.25, 0.3) is 0 Å². The van der Waals surface area contributed by atoms with Gasteiger partial charge in [-0.2, -0.15) is 0 Å². The Morgan fingerprint density at radius 2 is 1.09 bits per heavy atom. The van der Waals surface area contributed by atoms with Gasteiger partial charge < -0.3 is 20.1 Å². The molecule has 0 radical (unpaired) electrons. The van der Waals surface area contributed by atoms with Crippen molar-refractivity contribution in [1.82, 2.24) is 10.6 Å². The highest BCUT2D eigenvalue weighted by molar-refractivity contribution is 5.03. The number of ether oxygens (including phenoxy) is 2. The Morgan fingerprint density at radius 3 is 1.44 bits per heavy atom. The third kappa shape index (κ3) is 8.92. The van der Waals surface area contributed by atoms with E-state index >= 15 is 0 Å². The molecule has 0 spiro atoms. The minimum Gasteiger partial charge on any atom is -0.374 e. The van der Waals surface area contributed by atoms with Crippen molar-refractivity contribution in [2.75, 3.05) is 13.2 Å². The van der Waals surface area contributed by atoms with Crippen LogP contribution in [0.15, 0.2) is 12.2 Å². The Bertz CT molecular complexity index is 654. The topological polar surface area (TPSA) is 42.5 Å². The standard InChI is InChI=1S/C28H46N2O2/c1-9-11-15-27(7)21-23(19-25(3,4)29-27)31-17-13-14-18-32-24-20-26(5,6)30-28(8,22-24)16-12-10-2/h1-2,13-14,23-24,29-30H,11-12,15-22H2,3-8H3. The Kier molecular flexibility index (Phi) is 9.45. The first-order valence-corrected chi connectivity index (χ1v) is 12.2. The lowest BCUT2D eigenvalue weighted by atomic mass is 9.77. The molecule has 0 amide bonds. The Balaban J connectivity index is 1.78. The molecule has 2 heterocycles. The second-order valence-electron chi connectivity index (χ2n) is 11.7. The molecule has 0 aliphatic carbocycles. The maximum absolute atomic E-state index is 6.23. The molecule has 2 saturated heterocycles. The second kappa shape index (κ2) is 11.2. The summed E-state index contributed by atoms with van der Waals surface area (Å²) >= 11 is 0. The molecule has 0 bridgehead atoms. The molecule has 4 unspecified atom stereocenters. The van der Waals surface area contributed by atoms with Gasteiger partial charge in [-0.05, 0) is 80.1 Å². The van der Waals surface area contributed by atoms with Crippen LogP contribution in [0.4, 0.5) is 0 Å².